The van der Waals surface area contributed by atoms with E-state index in [2.05, 4.69) is 4.98 Å². The number of carboxylic acids is 1. The van der Waals surface area contributed by atoms with Crippen LogP contribution in [0.1, 0.15) is 18.9 Å². The maximum absolute atomic E-state index is 12.5. The summed E-state index contributed by atoms with van der Waals surface area (Å²) < 4.78 is 0. The number of nitrogens with zero attached hydrogens (tertiary/aromatic N) is 1. The van der Waals surface area contributed by atoms with Crippen molar-refractivity contribution >= 4 is 22.8 Å². The molecule has 1 aromatic heterocycles. The first-order valence-corrected chi connectivity index (χ1v) is 7.62. The molecule has 0 bridgehead atoms. The molecule has 1 fully saturated rings. The van der Waals surface area contributed by atoms with E-state index in [4.69, 9.17) is 5.11 Å². The second-order valence-electron chi connectivity index (χ2n) is 6.09. The highest BCUT2D eigenvalue weighted by molar-refractivity contribution is 5.89. The molecule has 0 spiro atoms. The second kappa shape index (κ2) is 5.83. The highest BCUT2D eigenvalue weighted by atomic mass is 16.4. The molecule has 5 heteroatoms. The van der Waals surface area contributed by atoms with Gasteiger partial charge in [-0.25, -0.2) is 0 Å². The van der Waals surface area contributed by atoms with Gasteiger partial charge < -0.3 is 15.0 Å². The number of nitrogens with one attached hydrogen (secondary N) is 1. The number of H-pyrrole nitrogens is 1. The SMILES string of the molecule is CC1CN(C(=O)Cc2c[nH]c3ccccc23)CCC1C(=O)O. The molecule has 1 amide bonds. The first kappa shape index (κ1) is 14.6. The number of piperidine rings is 1. The summed E-state index contributed by atoms with van der Waals surface area (Å²) in [4.78, 5) is 28.6. The van der Waals surface area contributed by atoms with Gasteiger partial charge in [0, 0.05) is 30.2 Å². The fraction of sp³-hybridized carbons (Fsp3) is 0.412. The average molecular weight is 300 g/mol. The number of carbonyl (C=O) groups is 2. The van der Waals surface area contributed by atoms with Crippen LogP contribution in [-0.2, 0) is 16.0 Å². The van der Waals surface area contributed by atoms with E-state index in [1.165, 1.54) is 0 Å². The minimum atomic E-state index is -0.753. The van der Waals surface area contributed by atoms with Gasteiger partial charge in [0.2, 0.25) is 5.91 Å². The van der Waals surface area contributed by atoms with E-state index in [0.717, 1.165) is 16.5 Å². The number of aromatic amines is 1. The maximum Gasteiger partial charge on any atom is 0.306 e. The molecule has 1 aromatic carbocycles. The van der Waals surface area contributed by atoms with Crippen molar-refractivity contribution in [3.8, 4) is 0 Å². The zero-order valence-corrected chi connectivity index (χ0v) is 12.6. The molecule has 2 unspecified atom stereocenters. The van der Waals surface area contributed by atoms with Crippen LogP contribution in [0.15, 0.2) is 30.5 Å². The standard InChI is InChI=1S/C17H20N2O3/c1-11-10-19(7-6-13(11)17(21)22)16(20)8-12-9-18-15-5-3-2-4-14(12)15/h2-5,9,11,13,18H,6-8,10H2,1H3,(H,21,22). The van der Waals surface area contributed by atoms with Crippen molar-refractivity contribution in [2.24, 2.45) is 11.8 Å². The van der Waals surface area contributed by atoms with E-state index >= 15 is 0 Å². The third-order valence-corrected chi connectivity index (χ3v) is 4.59. The van der Waals surface area contributed by atoms with E-state index in [9.17, 15) is 9.59 Å². The summed E-state index contributed by atoms with van der Waals surface area (Å²) in [5.41, 5.74) is 2.02. The lowest BCUT2D eigenvalue weighted by atomic mass is 9.87. The van der Waals surface area contributed by atoms with E-state index < -0.39 is 5.97 Å². The van der Waals surface area contributed by atoms with Crippen molar-refractivity contribution in [2.75, 3.05) is 13.1 Å². The Labute approximate surface area is 128 Å². The van der Waals surface area contributed by atoms with Gasteiger partial charge >= 0.3 is 5.97 Å². The molecule has 0 aliphatic carbocycles. The van der Waals surface area contributed by atoms with Gasteiger partial charge in [-0.1, -0.05) is 25.1 Å². The molecular weight excluding hydrogens is 280 g/mol. The minimum Gasteiger partial charge on any atom is -0.481 e. The zero-order chi connectivity index (χ0) is 15.7. The average Bonchev–Trinajstić information content (AvgIpc) is 2.90. The summed E-state index contributed by atoms with van der Waals surface area (Å²) in [5.74, 6) is -1.02. The largest absolute Gasteiger partial charge is 0.481 e. The lowest BCUT2D eigenvalue weighted by Crippen LogP contribution is -2.45. The minimum absolute atomic E-state index is 0.00170. The van der Waals surface area contributed by atoms with Gasteiger partial charge in [-0.05, 0) is 24.0 Å². The fourth-order valence-electron chi connectivity index (χ4n) is 3.29. The third-order valence-electron chi connectivity index (χ3n) is 4.59. The van der Waals surface area contributed by atoms with Crippen LogP contribution in [0, 0.1) is 11.8 Å². The van der Waals surface area contributed by atoms with Gasteiger partial charge in [0.25, 0.3) is 0 Å². The highest BCUT2D eigenvalue weighted by Gasteiger charge is 2.32. The van der Waals surface area contributed by atoms with Crippen molar-refractivity contribution in [1.29, 1.82) is 0 Å². The van der Waals surface area contributed by atoms with Gasteiger partial charge in [-0.2, -0.15) is 0 Å². The number of likely N-dealkylation sites (tertiary alicyclic amines) is 1. The van der Waals surface area contributed by atoms with E-state index in [0.29, 0.717) is 25.9 Å². The van der Waals surface area contributed by atoms with Gasteiger partial charge in [-0.3, -0.25) is 9.59 Å². The Balaban J connectivity index is 1.69. The van der Waals surface area contributed by atoms with Crippen LogP contribution in [0.4, 0.5) is 0 Å². The van der Waals surface area contributed by atoms with E-state index in [1.54, 1.807) is 4.90 Å². The van der Waals surface area contributed by atoms with Crippen molar-refractivity contribution in [1.82, 2.24) is 9.88 Å². The smallest absolute Gasteiger partial charge is 0.306 e. The lowest BCUT2D eigenvalue weighted by molar-refractivity contribution is -0.148. The number of para-hydroxylation sites is 1. The number of aliphatic carboxylic acids is 1. The Morgan fingerprint density at radius 3 is 2.86 bits per heavy atom. The summed E-state index contributed by atoms with van der Waals surface area (Å²) in [5, 5.41) is 10.2. The summed E-state index contributed by atoms with van der Waals surface area (Å²) in [6, 6.07) is 7.92. The van der Waals surface area contributed by atoms with Crippen molar-refractivity contribution in [3.63, 3.8) is 0 Å². The Hall–Kier alpha value is -2.30. The third kappa shape index (κ3) is 2.71. The second-order valence-corrected chi connectivity index (χ2v) is 6.09. The van der Waals surface area contributed by atoms with Crippen LogP contribution < -0.4 is 0 Å². The molecular formula is C17H20N2O3. The van der Waals surface area contributed by atoms with Crippen LogP contribution in [0.25, 0.3) is 10.9 Å². The van der Waals surface area contributed by atoms with Crippen LogP contribution in [0.3, 0.4) is 0 Å². The molecule has 5 nitrogen and oxygen atoms in total. The number of hydrogen-bond donors (Lipinski definition) is 2. The Bertz CT molecular complexity index is 707. The molecule has 0 radical (unpaired) electrons. The molecule has 22 heavy (non-hydrogen) atoms. The van der Waals surface area contributed by atoms with E-state index in [-0.39, 0.29) is 17.7 Å². The number of amides is 1. The summed E-state index contributed by atoms with van der Waals surface area (Å²) in [7, 11) is 0. The molecule has 2 aromatic rings. The monoisotopic (exact) mass is 300 g/mol. The van der Waals surface area contributed by atoms with E-state index in [1.807, 2.05) is 37.4 Å². The molecule has 2 atom stereocenters. The number of hydrogen-bond acceptors (Lipinski definition) is 2. The van der Waals surface area contributed by atoms with Crippen molar-refractivity contribution in [3.05, 3.63) is 36.0 Å². The molecule has 2 N–H and O–H groups in total. The molecule has 0 saturated carbocycles. The number of carbonyl (C=O) groups excluding carboxylic acids is 1. The van der Waals surface area contributed by atoms with Crippen molar-refractivity contribution < 1.29 is 14.7 Å². The zero-order valence-electron chi connectivity index (χ0n) is 12.6. The molecule has 1 aliphatic heterocycles. The summed E-state index contributed by atoms with van der Waals surface area (Å²) in [6.45, 7) is 2.96. The van der Waals surface area contributed by atoms with Crippen LogP contribution >= 0.6 is 0 Å². The Morgan fingerprint density at radius 1 is 1.36 bits per heavy atom. The molecule has 116 valence electrons. The Morgan fingerprint density at radius 2 is 2.14 bits per heavy atom. The lowest BCUT2D eigenvalue weighted by Gasteiger charge is -2.35. The predicted octanol–water partition coefficient (Wildman–Crippen LogP) is 2.28. The first-order valence-electron chi connectivity index (χ1n) is 7.62. The van der Waals surface area contributed by atoms with Gasteiger partial charge in [0.05, 0.1) is 12.3 Å². The number of aromatic nitrogens is 1. The predicted molar refractivity (Wildman–Crippen MR) is 83.5 cm³/mol. The number of fused-ring (bicyclic) bond motifs is 1. The molecule has 1 saturated heterocycles. The highest BCUT2D eigenvalue weighted by Crippen LogP contribution is 2.25. The Kier molecular flexibility index (Phi) is 3.88. The van der Waals surface area contributed by atoms with Gasteiger partial charge in [-0.15, -0.1) is 0 Å². The van der Waals surface area contributed by atoms with Crippen LogP contribution in [0.2, 0.25) is 0 Å². The maximum atomic E-state index is 12.5. The van der Waals surface area contributed by atoms with Crippen LogP contribution in [-0.4, -0.2) is 40.0 Å². The fourth-order valence-corrected chi connectivity index (χ4v) is 3.29. The van der Waals surface area contributed by atoms with Crippen LogP contribution in [0.5, 0.6) is 0 Å². The van der Waals surface area contributed by atoms with Gasteiger partial charge in [0.1, 0.15) is 0 Å². The topological polar surface area (TPSA) is 73.4 Å². The number of benzene rings is 1. The summed E-state index contributed by atoms with van der Waals surface area (Å²) >= 11 is 0. The number of rotatable bonds is 3. The summed E-state index contributed by atoms with van der Waals surface area (Å²) in [6.07, 6.45) is 2.78. The normalized spacial score (nSPS) is 22.0. The molecule has 1 aliphatic rings. The van der Waals surface area contributed by atoms with Gasteiger partial charge in [0.15, 0.2) is 0 Å². The quantitative estimate of drug-likeness (QED) is 0.913. The van der Waals surface area contributed by atoms with Crippen molar-refractivity contribution in [2.45, 2.75) is 19.8 Å². The first-order chi connectivity index (χ1) is 10.6. The number of carboxylic acid groups (broad SMARTS) is 1. The molecule has 3 rings (SSSR count). The molecule has 2 heterocycles.